The Morgan fingerprint density at radius 2 is 2.00 bits per heavy atom. The van der Waals surface area contributed by atoms with Gasteiger partial charge in [0, 0.05) is 23.7 Å². The summed E-state index contributed by atoms with van der Waals surface area (Å²) >= 11 is 5.99. The van der Waals surface area contributed by atoms with Gasteiger partial charge in [-0.15, -0.1) is 0 Å². The highest BCUT2D eigenvalue weighted by Gasteiger charge is 2.31. The summed E-state index contributed by atoms with van der Waals surface area (Å²) < 4.78 is 31.3. The Hall–Kier alpha value is -2.25. The van der Waals surface area contributed by atoms with Crippen molar-refractivity contribution >= 4 is 38.9 Å². The quantitative estimate of drug-likeness (QED) is 0.867. The second-order valence-corrected chi connectivity index (χ2v) is 8.49. The summed E-state index contributed by atoms with van der Waals surface area (Å²) in [6.07, 6.45) is 0.550. The molecule has 2 aromatic carbocycles. The van der Waals surface area contributed by atoms with Gasteiger partial charge in [0.15, 0.2) is 6.10 Å². The first-order valence-electron chi connectivity index (χ1n) is 8.06. The van der Waals surface area contributed by atoms with Gasteiger partial charge in [0.1, 0.15) is 5.75 Å². The van der Waals surface area contributed by atoms with Gasteiger partial charge in [-0.3, -0.25) is 9.10 Å². The highest BCUT2D eigenvalue weighted by atomic mass is 35.5. The van der Waals surface area contributed by atoms with Crippen LogP contribution in [-0.2, 0) is 14.8 Å². The topological polar surface area (TPSA) is 75.7 Å². The highest BCUT2D eigenvalue weighted by molar-refractivity contribution is 7.92. The maximum atomic E-state index is 12.7. The number of hydrogen-bond donors (Lipinski definition) is 1. The van der Waals surface area contributed by atoms with Crippen LogP contribution in [0.1, 0.15) is 12.0 Å². The Balaban J connectivity index is 1.87. The molecule has 2 aromatic rings. The van der Waals surface area contributed by atoms with Gasteiger partial charge >= 0.3 is 0 Å². The van der Waals surface area contributed by atoms with E-state index in [9.17, 15) is 13.2 Å². The van der Waals surface area contributed by atoms with Crippen LogP contribution in [0.25, 0.3) is 0 Å². The Morgan fingerprint density at radius 3 is 2.73 bits per heavy atom. The van der Waals surface area contributed by atoms with Gasteiger partial charge in [0.05, 0.1) is 11.9 Å². The lowest BCUT2D eigenvalue weighted by Crippen LogP contribution is -2.36. The number of ether oxygens (including phenoxy) is 1. The van der Waals surface area contributed by atoms with E-state index in [1.165, 1.54) is 4.31 Å². The van der Waals surface area contributed by atoms with Crippen LogP contribution in [0, 0.1) is 6.92 Å². The fourth-order valence-electron chi connectivity index (χ4n) is 2.80. The molecule has 1 heterocycles. The van der Waals surface area contributed by atoms with Crippen LogP contribution in [0.4, 0.5) is 11.4 Å². The van der Waals surface area contributed by atoms with Crippen LogP contribution in [0.2, 0.25) is 5.02 Å². The van der Waals surface area contributed by atoms with E-state index in [1.54, 1.807) is 36.4 Å². The van der Waals surface area contributed by atoms with Crippen molar-refractivity contribution in [2.24, 2.45) is 0 Å². The zero-order chi connectivity index (χ0) is 18.9. The molecule has 26 heavy (non-hydrogen) atoms. The largest absolute Gasteiger partial charge is 0.478 e. The second kappa shape index (κ2) is 7.17. The number of hydrogen-bond acceptors (Lipinski definition) is 4. The van der Waals surface area contributed by atoms with Crippen molar-refractivity contribution < 1.29 is 17.9 Å². The summed E-state index contributed by atoms with van der Waals surface area (Å²) in [7, 11) is -3.48. The van der Waals surface area contributed by atoms with E-state index in [0.717, 1.165) is 11.8 Å². The number of fused-ring (bicyclic) bond motifs is 1. The van der Waals surface area contributed by atoms with Crippen molar-refractivity contribution in [2.75, 3.05) is 22.4 Å². The molecule has 1 unspecified atom stereocenters. The monoisotopic (exact) mass is 394 g/mol. The fourth-order valence-corrected chi connectivity index (χ4v) is 3.92. The van der Waals surface area contributed by atoms with Crippen molar-refractivity contribution in [3.63, 3.8) is 0 Å². The van der Waals surface area contributed by atoms with Gasteiger partial charge in [-0.25, -0.2) is 8.42 Å². The van der Waals surface area contributed by atoms with Crippen LogP contribution in [0.5, 0.6) is 5.75 Å². The third-order valence-corrected chi connectivity index (χ3v) is 5.56. The normalized spacial score (nSPS) is 17.0. The summed E-state index contributed by atoms with van der Waals surface area (Å²) in [5.41, 5.74) is 1.90. The number of nitrogens with zero attached hydrogens (tertiary/aromatic N) is 1. The lowest BCUT2D eigenvalue weighted by molar-refractivity contribution is -0.122. The number of halogens is 1. The number of aryl methyl sites for hydroxylation is 1. The fraction of sp³-hybridized carbons (Fsp3) is 0.278. The molecule has 0 spiro atoms. The number of carbonyl (C=O) groups is 1. The Bertz CT molecular complexity index is 946. The molecule has 3 rings (SSSR count). The second-order valence-electron chi connectivity index (χ2n) is 6.15. The van der Waals surface area contributed by atoms with E-state index in [2.05, 4.69) is 5.32 Å². The summed E-state index contributed by atoms with van der Waals surface area (Å²) in [4.78, 5) is 12.7. The zero-order valence-electron chi connectivity index (χ0n) is 14.4. The number of nitrogens with one attached hydrogen (secondary N) is 1. The smallest absolute Gasteiger partial charge is 0.265 e. The zero-order valence-corrected chi connectivity index (χ0v) is 16.0. The minimum Gasteiger partial charge on any atom is -0.478 e. The first-order chi connectivity index (χ1) is 12.3. The van der Waals surface area contributed by atoms with Crippen LogP contribution in [0.3, 0.4) is 0 Å². The first kappa shape index (κ1) is 18.5. The van der Waals surface area contributed by atoms with Crippen molar-refractivity contribution in [1.29, 1.82) is 0 Å². The molecule has 6 nitrogen and oxygen atoms in total. The molecule has 1 aliphatic heterocycles. The molecule has 0 fully saturated rings. The van der Waals surface area contributed by atoms with Gasteiger partial charge < -0.3 is 10.1 Å². The summed E-state index contributed by atoms with van der Waals surface area (Å²) in [5.74, 6) is 0.0129. The first-order valence-corrected chi connectivity index (χ1v) is 10.3. The number of anilines is 2. The molecule has 0 aromatic heterocycles. The van der Waals surface area contributed by atoms with E-state index in [4.69, 9.17) is 16.3 Å². The van der Waals surface area contributed by atoms with Gasteiger partial charge in [-0.05, 0) is 36.8 Å². The van der Waals surface area contributed by atoms with Gasteiger partial charge in [-0.2, -0.15) is 0 Å². The molecular weight excluding hydrogens is 376 g/mol. The molecule has 0 bridgehead atoms. The van der Waals surface area contributed by atoms with E-state index in [1.807, 2.05) is 13.0 Å². The number of carbonyl (C=O) groups excluding carboxylic acids is 1. The molecule has 138 valence electrons. The van der Waals surface area contributed by atoms with E-state index >= 15 is 0 Å². The average Bonchev–Trinajstić information content (AvgIpc) is 2.77. The average molecular weight is 395 g/mol. The third kappa shape index (κ3) is 3.94. The molecule has 8 heteroatoms. The van der Waals surface area contributed by atoms with Crippen LogP contribution in [0.15, 0.2) is 42.5 Å². The van der Waals surface area contributed by atoms with E-state index in [-0.39, 0.29) is 18.9 Å². The molecule has 1 aliphatic rings. The standard InChI is InChI=1S/C18H19ClN2O4S/c1-12-7-8-13(19)11-14(12)20-18(22)17-9-10-21(26(2,23)24)15-5-3-4-6-16(15)25-17/h3-8,11,17H,9-10H2,1-2H3,(H,20,22). The molecule has 0 saturated heterocycles. The minimum atomic E-state index is -3.48. The molecule has 0 saturated carbocycles. The lowest BCUT2D eigenvalue weighted by atomic mass is 10.2. The minimum absolute atomic E-state index is 0.155. The van der Waals surface area contributed by atoms with E-state index < -0.39 is 16.1 Å². The summed E-state index contributed by atoms with van der Waals surface area (Å²) in [6, 6.07) is 12.0. The van der Waals surface area contributed by atoms with Gasteiger partial charge in [0.2, 0.25) is 10.0 Å². The number of benzene rings is 2. The molecule has 1 atom stereocenters. The summed E-state index contributed by atoms with van der Waals surface area (Å²) in [6.45, 7) is 2.02. The molecule has 0 aliphatic carbocycles. The maximum absolute atomic E-state index is 12.7. The van der Waals surface area contributed by atoms with E-state index in [0.29, 0.717) is 22.1 Å². The van der Waals surface area contributed by atoms with Crippen LogP contribution in [-0.4, -0.2) is 33.2 Å². The van der Waals surface area contributed by atoms with Crippen molar-refractivity contribution in [3.8, 4) is 5.75 Å². The third-order valence-electron chi connectivity index (χ3n) is 4.15. The predicted octanol–water partition coefficient (Wildman–Crippen LogP) is 3.20. The van der Waals surface area contributed by atoms with Gasteiger partial charge in [0.25, 0.3) is 5.91 Å². The molecular formula is C18H19ClN2O4S. The molecule has 1 amide bonds. The number of sulfonamides is 1. The summed E-state index contributed by atoms with van der Waals surface area (Å²) in [5, 5.41) is 3.33. The molecule has 1 N–H and O–H groups in total. The maximum Gasteiger partial charge on any atom is 0.265 e. The van der Waals surface area contributed by atoms with Crippen molar-refractivity contribution in [3.05, 3.63) is 53.1 Å². The van der Waals surface area contributed by atoms with Crippen molar-refractivity contribution in [1.82, 2.24) is 0 Å². The number of rotatable bonds is 3. The van der Waals surface area contributed by atoms with Crippen molar-refractivity contribution in [2.45, 2.75) is 19.4 Å². The van der Waals surface area contributed by atoms with Crippen LogP contribution >= 0.6 is 11.6 Å². The Labute approximate surface area is 157 Å². The highest BCUT2D eigenvalue weighted by Crippen LogP contribution is 2.34. The lowest BCUT2D eigenvalue weighted by Gasteiger charge is -2.20. The Morgan fingerprint density at radius 1 is 1.27 bits per heavy atom. The van der Waals surface area contributed by atoms with Gasteiger partial charge in [-0.1, -0.05) is 29.8 Å². The predicted molar refractivity (Wildman–Crippen MR) is 102 cm³/mol. The molecule has 0 radical (unpaired) electrons. The number of para-hydroxylation sites is 2. The SMILES string of the molecule is Cc1ccc(Cl)cc1NC(=O)C1CCN(S(C)(=O)=O)c2ccccc2O1. The Kier molecular flexibility index (Phi) is 5.11. The number of amides is 1. The van der Waals surface area contributed by atoms with Crippen LogP contribution < -0.4 is 14.4 Å².